The lowest BCUT2D eigenvalue weighted by atomic mass is 9.95. The van der Waals surface area contributed by atoms with Crippen LogP contribution < -0.4 is 20.2 Å². The van der Waals surface area contributed by atoms with Crippen molar-refractivity contribution < 1.29 is 19.1 Å². The van der Waals surface area contributed by atoms with E-state index in [0.29, 0.717) is 30.3 Å². The van der Waals surface area contributed by atoms with E-state index in [-0.39, 0.29) is 6.04 Å². The fraction of sp³-hybridized carbons (Fsp3) is 0.375. The number of carbonyl (C=O) groups excluding carboxylic acids is 2. The Hall–Kier alpha value is -3.35. The summed E-state index contributed by atoms with van der Waals surface area (Å²) in [5, 5.41) is 6.67. The van der Waals surface area contributed by atoms with Gasteiger partial charge in [-0.1, -0.05) is 49.6 Å². The molecule has 7 nitrogen and oxygen atoms in total. The van der Waals surface area contributed by atoms with Gasteiger partial charge in [-0.3, -0.25) is 9.59 Å². The number of hydrazone groups is 1. The quantitative estimate of drug-likeness (QED) is 0.386. The number of nitrogens with zero attached hydrogens (tertiary/aromatic N) is 1. The molecule has 0 atom stereocenters. The van der Waals surface area contributed by atoms with Gasteiger partial charge >= 0.3 is 11.8 Å². The monoisotopic (exact) mass is 423 g/mol. The van der Waals surface area contributed by atoms with Gasteiger partial charge in [-0.15, -0.1) is 0 Å². The fourth-order valence-corrected chi connectivity index (χ4v) is 3.44. The van der Waals surface area contributed by atoms with Gasteiger partial charge in [-0.2, -0.15) is 5.10 Å². The molecule has 2 aromatic rings. The molecule has 0 heterocycles. The summed E-state index contributed by atoms with van der Waals surface area (Å²) in [6.45, 7) is 2.81. The smallest absolute Gasteiger partial charge is 0.329 e. The Morgan fingerprint density at radius 1 is 1.00 bits per heavy atom. The van der Waals surface area contributed by atoms with Crippen LogP contribution in [0.4, 0.5) is 0 Å². The molecule has 3 rings (SSSR count). The van der Waals surface area contributed by atoms with Crippen molar-refractivity contribution in [2.45, 2.75) is 51.7 Å². The van der Waals surface area contributed by atoms with Crippen molar-refractivity contribution in [2.75, 3.05) is 6.61 Å². The van der Waals surface area contributed by atoms with E-state index in [1.54, 1.807) is 18.2 Å². The molecular weight excluding hydrogens is 394 g/mol. The largest absolute Gasteiger partial charge is 0.490 e. The highest BCUT2D eigenvalue weighted by Crippen LogP contribution is 2.29. The number of nitrogens with one attached hydrogen (secondary N) is 2. The summed E-state index contributed by atoms with van der Waals surface area (Å²) in [6.07, 6.45) is 6.65. The molecule has 2 N–H and O–H groups in total. The van der Waals surface area contributed by atoms with E-state index >= 15 is 0 Å². The van der Waals surface area contributed by atoms with Gasteiger partial charge < -0.3 is 14.8 Å². The first-order valence-corrected chi connectivity index (χ1v) is 10.7. The van der Waals surface area contributed by atoms with Crippen LogP contribution in [-0.2, 0) is 16.2 Å². The van der Waals surface area contributed by atoms with Crippen molar-refractivity contribution in [1.29, 1.82) is 0 Å². The average Bonchev–Trinajstić information content (AvgIpc) is 2.80. The first kappa shape index (κ1) is 22.3. The lowest BCUT2D eigenvalue weighted by Gasteiger charge is -2.22. The minimum Gasteiger partial charge on any atom is -0.490 e. The number of benzene rings is 2. The molecule has 164 valence electrons. The number of hydrogen-bond donors (Lipinski definition) is 2. The molecule has 0 saturated heterocycles. The van der Waals surface area contributed by atoms with E-state index < -0.39 is 11.8 Å². The molecule has 0 bridgehead atoms. The van der Waals surface area contributed by atoms with Crippen LogP contribution in [-0.4, -0.2) is 30.7 Å². The first-order chi connectivity index (χ1) is 15.2. The van der Waals surface area contributed by atoms with Crippen molar-refractivity contribution in [1.82, 2.24) is 10.7 Å². The molecule has 2 aromatic carbocycles. The van der Waals surface area contributed by atoms with Crippen molar-refractivity contribution in [3.63, 3.8) is 0 Å². The Bertz CT molecular complexity index is 893. The fourth-order valence-electron chi connectivity index (χ4n) is 3.44. The van der Waals surface area contributed by atoms with Gasteiger partial charge in [0.2, 0.25) is 0 Å². The number of ether oxygens (including phenoxy) is 2. The molecule has 0 spiro atoms. The van der Waals surface area contributed by atoms with E-state index in [4.69, 9.17) is 9.47 Å². The molecule has 0 unspecified atom stereocenters. The van der Waals surface area contributed by atoms with Crippen LogP contribution in [0.2, 0.25) is 0 Å². The zero-order chi connectivity index (χ0) is 21.9. The number of rotatable bonds is 8. The summed E-state index contributed by atoms with van der Waals surface area (Å²) in [4.78, 5) is 24.0. The molecule has 1 saturated carbocycles. The highest BCUT2D eigenvalue weighted by atomic mass is 16.5. The topological polar surface area (TPSA) is 89.0 Å². The second kappa shape index (κ2) is 11.7. The maximum absolute atomic E-state index is 12.0. The first-order valence-electron chi connectivity index (χ1n) is 10.7. The van der Waals surface area contributed by atoms with Crippen molar-refractivity contribution in [3.05, 3.63) is 59.7 Å². The van der Waals surface area contributed by atoms with Crippen LogP contribution in [0.3, 0.4) is 0 Å². The van der Waals surface area contributed by atoms with Gasteiger partial charge in [0.05, 0.1) is 12.8 Å². The van der Waals surface area contributed by atoms with Crippen molar-refractivity contribution in [2.24, 2.45) is 5.10 Å². The van der Waals surface area contributed by atoms with Crippen LogP contribution >= 0.6 is 0 Å². The normalized spacial score (nSPS) is 14.2. The van der Waals surface area contributed by atoms with E-state index in [2.05, 4.69) is 15.8 Å². The predicted octanol–water partition coefficient (Wildman–Crippen LogP) is 3.56. The van der Waals surface area contributed by atoms with Gasteiger partial charge in [0.15, 0.2) is 11.5 Å². The van der Waals surface area contributed by atoms with E-state index in [0.717, 1.165) is 31.2 Å². The zero-order valence-corrected chi connectivity index (χ0v) is 17.8. The second-order valence-corrected chi connectivity index (χ2v) is 7.42. The molecular formula is C24H29N3O4. The molecule has 1 aliphatic rings. The third-order valence-electron chi connectivity index (χ3n) is 5.03. The van der Waals surface area contributed by atoms with Gasteiger partial charge in [0.1, 0.15) is 6.61 Å². The predicted molar refractivity (Wildman–Crippen MR) is 119 cm³/mol. The summed E-state index contributed by atoms with van der Waals surface area (Å²) >= 11 is 0. The van der Waals surface area contributed by atoms with Crippen LogP contribution in [0.15, 0.2) is 53.6 Å². The van der Waals surface area contributed by atoms with Crippen LogP contribution in [0, 0.1) is 0 Å². The molecule has 0 aliphatic heterocycles. The molecule has 2 amide bonds. The summed E-state index contributed by atoms with van der Waals surface area (Å²) in [5.74, 6) is -0.208. The van der Waals surface area contributed by atoms with E-state index in [1.807, 2.05) is 37.3 Å². The molecule has 1 aliphatic carbocycles. The van der Waals surface area contributed by atoms with Crippen LogP contribution in [0.1, 0.15) is 50.2 Å². The van der Waals surface area contributed by atoms with Crippen LogP contribution in [0.25, 0.3) is 0 Å². The molecule has 7 heteroatoms. The Morgan fingerprint density at radius 2 is 1.77 bits per heavy atom. The molecule has 31 heavy (non-hydrogen) atoms. The Morgan fingerprint density at radius 3 is 2.52 bits per heavy atom. The standard InChI is InChI=1S/C24H29N3O4/c1-2-30-22-15-19(13-14-21(22)31-17-18-9-5-3-6-10-18)16-25-27-24(29)23(28)26-20-11-7-4-8-12-20/h3,5-6,9-10,13-16,20H,2,4,7-8,11-12,17H2,1H3,(H,26,28)(H,27,29)/b25-16-. The van der Waals surface area contributed by atoms with Gasteiger partial charge in [0.25, 0.3) is 0 Å². The summed E-state index contributed by atoms with van der Waals surface area (Å²) in [6, 6.07) is 15.3. The number of amides is 2. The third kappa shape index (κ3) is 7.13. The second-order valence-electron chi connectivity index (χ2n) is 7.42. The molecule has 0 radical (unpaired) electrons. The van der Waals surface area contributed by atoms with Crippen LogP contribution in [0.5, 0.6) is 11.5 Å². The van der Waals surface area contributed by atoms with Gasteiger partial charge in [-0.05, 0) is 49.1 Å². The van der Waals surface area contributed by atoms with E-state index in [1.165, 1.54) is 12.6 Å². The summed E-state index contributed by atoms with van der Waals surface area (Å²) in [7, 11) is 0. The lowest BCUT2D eigenvalue weighted by Crippen LogP contribution is -2.44. The maximum atomic E-state index is 12.0. The third-order valence-corrected chi connectivity index (χ3v) is 5.03. The molecule has 1 fully saturated rings. The number of carbonyl (C=O) groups is 2. The number of hydrogen-bond acceptors (Lipinski definition) is 5. The summed E-state index contributed by atoms with van der Waals surface area (Å²) < 4.78 is 11.6. The Labute approximate surface area is 182 Å². The van der Waals surface area contributed by atoms with Crippen molar-refractivity contribution in [3.8, 4) is 11.5 Å². The average molecular weight is 424 g/mol. The summed E-state index contributed by atoms with van der Waals surface area (Å²) in [5.41, 5.74) is 4.05. The highest BCUT2D eigenvalue weighted by molar-refractivity contribution is 6.35. The lowest BCUT2D eigenvalue weighted by molar-refractivity contribution is -0.139. The molecule has 0 aromatic heterocycles. The minimum absolute atomic E-state index is 0.0770. The highest BCUT2D eigenvalue weighted by Gasteiger charge is 2.20. The zero-order valence-electron chi connectivity index (χ0n) is 17.8. The Balaban J connectivity index is 1.55. The van der Waals surface area contributed by atoms with Gasteiger partial charge in [-0.25, -0.2) is 5.43 Å². The minimum atomic E-state index is -0.769. The van der Waals surface area contributed by atoms with E-state index in [9.17, 15) is 9.59 Å². The maximum Gasteiger partial charge on any atom is 0.329 e. The van der Waals surface area contributed by atoms with Crippen molar-refractivity contribution >= 4 is 18.0 Å². The SMILES string of the molecule is CCOc1cc(/C=N\NC(=O)C(=O)NC2CCCCC2)ccc1OCc1ccccc1. The Kier molecular flexibility index (Phi) is 8.46. The van der Waals surface area contributed by atoms with Gasteiger partial charge in [0, 0.05) is 6.04 Å².